The number of likely N-dealkylation sites (N-methyl/N-ethyl adjacent to an activating group) is 1. The van der Waals surface area contributed by atoms with Gasteiger partial charge in [-0.3, -0.25) is 4.79 Å². The predicted octanol–water partition coefficient (Wildman–Crippen LogP) is 3.04. The minimum Gasteiger partial charge on any atom is -0.373 e. The molecule has 0 unspecified atom stereocenters. The molecule has 1 amide bonds. The van der Waals surface area contributed by atoms with E-state index >= 15 is 0 Å². The summed E-state index contributed by atoms with van der Waals surface area (Å²) in [7, 11) is 2.17. The van der Waals surface area contributed by atoms with Crippen molar-refractivity contribution in [2.24, 2.45) is 0 Å². The Kier molecular flexibility index (Phi) is 4.36. The fourth-order valence-corrected chi connectivity index (χ4v) is 3.56. The van der Waals surface area contributed by atoms with Crippen molar-refractivity contribution in [3.8, 4) is 0 Å². The van der Waals surface area contributed by atoms with Gasteiger partial charge in [-0.15, -0.1) is 0 Å². The number of rotatable bonds is 0. The molecule has 1 aromatic carbocycles. The lowest BCUT2D eigenvalue weighted by Crippen LogP contribution is -2.46. The molecule has 0 aromatic heterocycles. The van der Waals surface area contributed by atoms with E-state index in [4.69, 9.17) is 0 Å². The van der Waals surface area contributed by atoms with Gasteiger partial charge in [-0.05, 0) is 24.5 Å². The lowest BCUT2D eigenvalue weighted by Gasteiger charge is -2.39. The van der Waals surface area contributed by atoms with Gasteiger partial charge in [0.05, 0.1) is 0 Å². The second kappa shape index (κ2) is 5.86. The van der Waals surface area contributed by atoms with E-state index in [9.17, 15) is 4.79 Å². The number of anilines is 1. The molecule has 0 saturated carbocycles. The summed E-state index contributed by atoms with van der Waals surface area (Å²) >= 11 is 0. The Labute approximate surface area is 122 Å². The van der Waals surface area contributed by atoms with E-state index in [0.717, 1.165) is 32.5 Å². The molecule has 1 spiro atoms. The highest BCUT2D eigenvalue weighted by atomic mass is 16.2. The quantitative estimate of drug-likeness (QED) is 0.726. The van der Waals surface area contributed by atoms with Gasteiger partial charge in [-0.2, -0.15) is 0 Å². The van der Waals surface area contributed by atoms with Crippen molar-refractivity contribution >= 4 is 11.6 Å². The highest BCUT2D eigenvalue weighted by Gasteiger charge is 2.43. The number of amides is 1. The van der Waals surface area contributed by atoms with Crippen LogP contribution >= 0.6 is 0 Å². The fraction of sp³-hybridized carbons (Fsp3) is 0.588. The molecule has 2 aliphatic rings. The number of hydrogen-bond donors (Lipinski definition) is 0. The maximum absolute atomic E-state index is 11.4. The SMILES string of the molecule is CC.CC(=O)N1CCC2(CC1)CN(C)c1ccccc12. The van der Waals surface area contributed by atoms with Crippen molar-refractivity contribution in [3.05, 3.63) is 29.8 Å². The number of hydrogen-bond acceptors (Lipinski definition) is 2. The van der Waals surface area contributed by atoms with Crippen LogP contribution in [0.25, 0.3) is 0 Å². The summed E-state index contributed by atoms with van der Waals surface area (Å²) in [6, 6.07) is 8.72. The van der Waals surface area contributed by atoms with Crippen LogP contribution in [0, 0.1) is 0 Å². The largest absolute Gasteiger partial charge is 0.373 e. The van der Waals surface area contributed by atoms with Crippen molar-refractivity contribution in [2.45, 2.75) is 39.0 Å². The molecule has 1 fully saturated rings. The van der Waals surface area contributed by atoms with Crippen molar-refractivity contribution in [2.75, 3.05) is 31.6 Å². The van der Waals surface area contributed by atoms with E-state index in [1.807, 2.05) is 18.7 Å². The van der Waals surface area contributed by atoms with Gasteiger partial charge in [0, 0.05) is 44.7 Å². The second-order valence-corrected chi connectivity index (χ2v) is 5.66. The molecule has 3 nitrogen and oxygen atoms in total. The number of piperidine rings is 1. The molecule has 20 heavy (non-hydrogen) atoms. The number of benzene rings is 1. The number of carbonyl (C=O) groups is 1. The fourth-order valence-electron chi connectivity index (χ4n) is 3.56. The van der Waals surface area contributed by atoms with Crippen molar-refractivity contribution in [3.63, 3.8) is 0 Å². The first-order chi connectivity index (χ1) is 9.62. The van der Waals surface area contributed by atoms with Gasteiger partial charge in [0.25, 0.3) is 0 Å². The van der Waals surface area contributed by atoms with Gasteiger partial charge in [-0.25, -0.2) is 0 Å². The molecule has 2 aliphatic heterocycles. The third-order valence-corrected chi connectivity index (χ3v) is 4.59. The third-order valence-electron chi connectivity index (χ3n) is 4.59. The monoisotopic (exact) mass is 274 g/mol. The van der Waals surface area contributed by atoms with Crippen LogP contribution < -0.4 is 4.90 Å². The molecular weight excluding hydrogens is 248 g/mol. The second-order valence-electron chi connectivity index (χ2n) is 5.66. The van der Waals surface area contributed by atoms with Crippen LogP contribution in [-0.2, 0) is 10.2 Å². The molecule has 0 aliphatic carbocycles. The van der Waals surface area contributed by atoms with Gasteiger partial charge < -0.3 is 9.80 Å². The summed E-state index contributed by atoms with van der Waals surface area (Å²) in [6.07, 6.45) is 2.18. The van der Waals surface area contributed by atoms with Gasteiger partial charge in [-0.1, -0.05) is 32.0 Å². The molecule has 1 saturated heterocycles. The van der Waals surface area contributed by atoms with Crippen molar-refractivity contribution in [1.29, 1.82) is 0 Å². The van der Waals surface area contributed by atoms with Crippen LogP contribution in [0.15, 0.2) is 24.3 Å². The molecular formula is C17H26N2O. The van der Waals surface area contributed by atoms with Crippen LogP contribution in [0.2, 0.25) is 0 Å². The molecule has 2 heterocycles. The molecule has 3 heteroatoms. The molecule has 110 valence electrons. The maximum Gasteiger partial charge on any atom is 0.219 e. The minimum absolute atomic E-state index is 0.212. The van der Waals surface area contributed by atoms with Crippen molar-refractivity contribution < 1.29 is 4.79 Å². The standard InChI is InChI=1S/C15H20N2O.C2H6/c1-12(18)17-9-7-15(8-10-17)11-16(2)14-6-4-3-5-13(14)15;1-2/h3-6H,7-11H2,1-2H3;1-2H3. The normalized spacial score (nSPS) is 19.4. The Bertz CT molecular complexity index is 476. The van der Waals surface area contributed by atoms with E-state index in [1.165, 1.54) is 11.3 Å². The maximum atomic E-state index is 11.4. The Morgan fingerprint density at radius 3 is 2.35 bits per heavy atom. The van der Waals surface area contributed by atoms with Gasteiger partial charge in [0.2, 0.25) is 5.91 Å². The number of nitrogens with zero attached hydrogens (tertiary/aromatic N) is 2. The number of fused-ring (bicyclic) bond motifs is 2. The number of para-hydroxylation sites is 1. The minimum atomic E-state index is 0.212. The van der Waals surface area contributed by atoms with Crippen LogP contribution in [0.1, 0.15) is 39.2 Å². The summed E-state index contributed by atoms with van der Waals surface area (Å²) in [5.41, 5.74) is 3.13. The zero-order valence-corrected chi connectivity index (χ0v) is 13.1. The Balaban J connectivity index is 0.000000704. The summed E-state index contributed by atoms with van der Waals surface area (Å²) in [5, 5.41) is 0. The average molecular weight is 274 g/mol. The molecule has 0 atom stereocenters. The topological polar surface area (TPSA) is 23.6 Å². The molecule has 0 bridgehead atoms. The zero-order chi connectivity index (χ0) is 14.8. The highest BCUT2D eigenvalue weighted by Crippen LogP contribution is 2.46. The Hall–Kier alpha value is -1.51. The summed E-state index contributed by atoms with van der Waals surface area (Å²) < 4.78 is 0. The smallest absolute Gasteiger partial charge is 0.219 e. The van der Waals surface area contributed by atoms with Crippen LogP contribution in [-0.4, -0.2) is 37.5 Å². The average Bonchev–Trinajstić information content (AvgIpc) is 2.75. The molecule has 0 N–H and O–H groups in total. The lowest BCUT2D eigenvalue weighted by atomic mass is 9.74. The van der Waals surface area contributed by atoms with E-state index in [2.05, 4.69) is 36.2 Å². The van der Waals surface area contributed by atoms with Crippen molar-refractivity contribution in [1.82, 2.24) is 4.90 Å². The van der Waals surface area contributed by atoms with Gasteiger partial charge in [0.1, 0.15) is 0 Å². The third kappa shape index (κ3) is 2.41. The Morgan fingerprint density at radius 1 is 1.15 bits per heavy atom. The lowest BCUT2D eigenvalue weighted by molar-refractivity contribution is -0.130. The predicted molar refractivity (Wildman–Crippen MR) is 84.2 cm³/mol. The van der Waals surface area contributed by atoms with Crippen LogP contribution in [0.3, 0.4) is 0 Å². The van der Waals surface area contributed by atoms with Gasteiger partial charge in [0.15, 0.2) is 0 Å². The molecule has 3 rings (SSSR count). The van der Waals surface area contributed by atoms with E-state index < -0.39 is 0 Å². The van der Waals surface area contributed by atoms with E-state index in [-0.39, 0.29) is 11.3 Å². The highest BCUT2D eigenvalue weighted by molar-refractivity contribution is 5.73. The first-order valence-corrected chi connectivity index (χ1v) is 7.69. The van der Waals surface area contributed by atoms with E-state index in [0.29, 0.717) is 0 Å². The summed E-state index contributed by atoms with van der Waals surface area (Å²) in [6.45, 7) is 8.57. The first-order valence-electron chi connectivity index (χ1n) is 7.69. The summed E-state index contributed by atoms with van der Waals surface area (Å²) in [5.74, 6) is 0.212. The van der Waals surface area contributed by atoms with Crippen LogP contribution in [0.4, 0.5) is 5.69 Å². The zero-order valence-electron chi connectivity index (χ0n) is 13.1. The number of carbonyl (C=O) groups excluding carboxylic acids is 1. The van der Waals surface area contributed by atoms with Crippen LogP contribution in [0.5, 0.6) is 0 Å². The molecule has 1 aromatic rings. The van der Waals surface area contributed by atoms with Gasteiger partial charge >= 0.3 is 0 Å². The van der Waals surface area contributed by atoms with E-state index in [1.54, 1.807) is 6.92 Å². The molecule has 0 radical (unpaired) electrons. The first kappa shape index (κ1) is 14.9. The summed E-state index contributed by atoms with van der Waals surface area (Å²) in [4.78, 5) is 15.8. The number of likely N-dealkylation sites (tertiary alicyclic amines) is 1. The Morgan fingerprint density at radius 2 is 1.75 bits per heavy atom.